The van der Waals surface area contributed by atoms with E-state index in [-0.39, 0.29) is 0 Å². The molecule has 0 aliphatic rings. The van der Waals surface area contributed by atoms with E-state index in [0.29, 0.717) is 5.56 Å². The zero-order valence-corrected chi connectivity index (χ0v) is 10.0. The standard InChI is InChI=1S/C11H7BrO2S/c12-8-3-1-2-7(6-8)10-9(11(13)14)4-5-15-10/h1-6H,(H,13,14). The second-order valence-corrected chi connectivity index (χ2v) is 4.81. The van der Waals surface area contributed by atoms with Crippen LogP contribution in [0.2, 0.25) is 0 Å². The van der Waals surface area contributed by atoms with E-state index in [1.54, 1.807) is 11.4 Å². The minimum Gasteiger partial charge on any atom is -0.478 e. The van der Waals surface area contributed by atoms with Crippen molar-refractivity contribution in [2.45, 2.75) is 0 Å². The Kier molecular flexibility index (Phi) is 2.88. The number of carboxylic acid groups (broad SMARTS) is 1. The molecule has 4 heteroatoms. The van der Waals surface area contributed by atoms with Gasteiger partial charge in [0.15, 0.2) is 0 Å². The van der Waals surface area contributed by atoms with Crippen LogP contribution in [0.25, 0.3) is 10.4 Å². The Morgan fingerprint density at radius 1 is 1.33 bits per heavy atom. The first-order valence-corrected chi connectivity index (χ1v) is 5.92. The summed E-state index contributed by atoms with van der Waals surface area (Å²) in [7, 11) is 0. The number of benzene rings is 1. The van der Waals surface area contributed by atoms with Crippen LogP contribution in [0.5, 0.6) is 0 Å². The number of aromatic carboxylic acids is 1. The highest BCUT2D eigenvalue weighted by Gasteiger charge is 2.12. The van der Waals surface area contributed by atoms with Crippen molar-refractivity contribution in [2.24, 2.45) is 0 Å². The van der Waals surface area contributed by atoms with Gasteiger partial charge in [0.05, 0.1) is 5.56 Å². The highest BCUT2D eigenvalue weighted by molar-refractivity contribution is 9.10. The van der Waals surface area contributed by atoms with Gasteiger partial charge in [-0.05, 0) is 29.1 Å². The fourth-order valence-corrected chi connectivity index (χ4v) is 2.62. The van der Waals surface area contributed by atoms with Crippen molar-refractivity contribution in [2.75, 3.05) is 0 Å². The van der Waals surface area contributed by atoms with E-state index in [9.17, 15) is 4.79 Å². The molecule has 1 aromatic heterocycles. The third kappa shape index (κ3) is 2.11. The third-order valence-corrected chi connectivity index (χ3v) is 3.44. The summed E-state index contributed by atoms with van der Waals surface area (Å²) in [6.45, 7) is 0. The molecule has 2 rings (SSSR count). The zero-order chi connectivity index (χ0) is 10.8. The van der Waals surface area contributed by atoms with E-state index in [2.05, 4.69) is 15.9 Å². The van der Waals surface area contributed by atoms with Crippen LogP contribution in [0.1, 0.15) is 10.4 Å². The Balaban J connectivity index is 2.54. The van der Waals surface area contributed by atoms with Gasteiger partial charge in [-0.3, -0.25) is 0 Å². The lowest BCUT2D eigenvalue weighted by molar-refractivity contribution is 0.0698. The van der Waals surface area contributed by atoms with Gasteiger partial charge in [-0.2, -0.15) is 0 Å². The predicted molar refractivity (Wildman–Crippen MR) is 64.4 cm³/mol. The maximum atomic E-state index is 10.9. The first kappa shape index (κ1) is 10.4. The molecule has 0 unspecified atom stereocenters. The molecule has 0 saturated heterocycles. The van der Waals surface area contributed by atoms with Gasteiger partial charge in [-0.1, -0.05) is 28.1 Å². The van der Waals surface area contributed by atoms with E-state index in [1.165, 1.54) is 11.3 Å². The number of thiophene rings is 1. The molecule has 0 bridgehead atoms. The van der Waals surface area contributed by atoms with E-state index >= 15 is 0 Å². The number of carboxylic acids is 1. The van der Waals surface area contributed by atoms with Crippen molar-refractivity contribution in [1.29, 1.82) is 0 Å². The van der Waals surface area contributed by atoms with Crippen molar-refractivity contribution in [3.8, 4) is 10.4 Å². The van der Waals surface area contributed by atoms with E-state index in [4.69, 9.17) is 5.11 Å². The molecule has 15 heavy (non-hydrogen) atoms. The van der Waals surface area contributed by atoms with Crippen molar-refractivity contribution in [3.63, 3.8) is 0 Å². The summed E-state index contributed by atoms with van der Waals surface area (Å²) in [5, 5.41) is 10.8. The second kappa shape index (κ2) is 4.16. The average molecular weight is 283 g/mol. The lowest BCUT2D eigenvalue weighted by Gasteiger charge is -2.00. The first-order chi connectivity index (χ1) is 7.18. The SMILES string of the molecule is O=C(O)c1ccsc1-c1cccc(Br)c1. The van der Waals surface area contributed by atoms with Gasteiger partial charge in [-0.25, -0.2) is 4.79 Å². The van der Waals surface area contributed by atoms with Gasteiger partial charge in [0, 0.05) is 9.35 Å². The molecule has 2 aromatic rings. The smallest absolute Gasteiger partial charge is 0.337 e. The van der Waals surface area contributed by atoms with Crippen LogP contribution >= 0.6 is 27.3 Å². The van der Waals surface area contributed by atoms with Crippen LogP contribution in [-0.4, -0.2) is 11.1 Å². The van der Waals surface area contributed by atoms with Gasteiger partial charge in [-0.15, -0.1) is 11.3 Å². The summed E-state index contributed by atoms with van der Waals surface area (Å²) in [4.78, 5) is 11.7. The molecule has 0 amide bonds. The van der Waals surface area contributed by atoms with Gasteiger partial charge >= 0.3 is 5.97 Å². The summed E-state index contributed by atoms with van der Waals surface area (Å²) >= 11 is 4.80. The maximum Gasteiger partial charge on any atom is 0.337 e. The van der Waals surface area contributed by atoms with Gasteiger partial charge < -0.3 is 5.11 Å². The summed E-state index contributed by atoms with van der Waals surface area (Å²) < 4.78 is 0.949. The van der Waals surface area contributed by atoms with Crippen molar-refractivity contribution < 1.29 is 9.90 Å². The molecule has 0 aliphatic carbocycles. The summed E-state index contributed by atoms with van der Waals surface area (Å²) in [5.41, 5.74) is 1.29. The Labute approximate surface area is 99.3 Å². The maximum absolute atomic E-state index is 10.9. The fraction of sp³-hybridized carbons (Fsp3) is 0. The van der Waals surface area contributed by atoms with Gasteiger partial charge in [0.25, 0.3) is 0 Å². The normalized spacial score (nSPS) is 10.2. The largest absolute Gasteiger partial charge is 0.478 e. The molecule has 0 fully saturated rings. The van der Waals surface area contributed by atoms with Crippen LogP contribution in [0.15, 0.2) is 40.2 Å². The molecule has 0 atom stereocenters. The molecule has 0 aliphatic heterocycles. The molecule has 0 spiro atoms. The highest BCUT2D eigenvalue weighted by atomic mass is 79.9. The van der Waals surface area contributed by atoms with Crippen LogP contribution in [0.4, 0.5) is 0 Å². The lowest BCUT2D eigenvalue weighted by atomic mass is 10.1. The zero-order valence-electron chi connectivity index (χ0n) is 7.61. The third-order valence-electron chi connectivity index (χ3n) is 1.98. The second-order valence-electron chi connectivity index (χ2n) is 2.98. The first-order valence-electron chi connectivity index (χ1n) is 4.25. The van der Waals surface area contributed by atoms with Crippen molar-refractivity contribution >= 4 is 33.2 Å². The van der Waals surface area contributed by atoms with Gasteiger partial charge in [0.2, 0.25) is 0 Å². The molecule has 1 heterocycles. The monoisotopic (exact) mass is 282 g/mol. The van der Waals surface area contributed by atoms with Gasteiger partial charge in [0.1, 0.15) is 0 Å². The van der Waals surface area contributed by atoms with Crippen LogP contribution in [-0.2, 0) is 0 Å². The minimum absolute atomic E-state index is 0.359. The Hall–Kier alpha value is -1.13. The summed E-state index contributed by atoms with van der Waals surface area (Å²) in [5.74, 6) is -0.883. The molecular weight excluding hydrogens is 276 g/mol. The Morgan fingerprint density at radius 2 is 2.13 bits per heavy atom. The van der Waals surface area contributed by atoms with Crippen LogP contribution in [0, 0.1) is 0 Å². The van der Waals surface area contributed by atoms with Crippen molar-refractivity contribution in [1.82, 2.24) is 0 Å². The van der Waals surface area contributed by atoms with Crippen LogP contribution in [0.3, 0.4) is 0 Å². The van der Waals surface area contributed by atoms with Crippen LogP contribution < -0.4 is 0 Å². The average Bonchev–Trinajstić information content (AvgIpc) is 2.65. The number of rotatable bonds is 2. The quantitative estimate of drug-likeness (QED) is 0.908. The topological polar surface area (TPSA) is 37.3 Å². The summed E-state index contributed by atoms with van der Waals surface area (Å²) in [6.07, 6.45) is 0. The van der Waals surface area contributed by atoms with Crippen molar-refractivity contribution in [3.05, 3.63) is 45.7 Å². The van der Waals surface area contributed by atoms with E-state index in [1.807, 2.05) is 24.3 Å². The van der Waals surface area contributed by atoms with E-state index in [0.717, 1.165) is 14.9 Å². The molecule has 2 nitrogen and oxygen atoms in total. The van der Waals surface area contributed by atoms with E-state index < -0.39 is 5.97 Å². The molecule has 1 aromatic carbocycles. The highest BCUT2D eigenvalue weighted by Crippen LogP contribution is 2.31. The summed E-state index contributed by atoms with van der Waals surface area (Å²) in [6, 6.07) is 9.26. The molecular formula is C11H7BrO2S. The number of halogens is 1. The lowest BCUT2D eigenvalue weighted by Crippen LogP contribution is -1.95. The Morgan fingerprint density at radius 3 is 2.80 bits per heavy atom. The predicted octanol–water partition coefficient (Wildman–Crippen LogP) is 3.88. The Bertz CT molecular complexity index is 505. The molecule has 0 saturated carbocycles. The molecule has 0 radical (unpaired) electrons. The number of hydrogen-bond acceptors (Lipinski definition) is 2. The number of hydrogen-bond donors (Lipinski definition) is 1. The molecule has 76 valence electrons. The number of carbonyl (C=O) groups is 1. The molecule has 1 N–H and O–H groups in total. The minimum atomic E-state index is -0.883. The fourth-order valence-electron chi connectivity index (χ4n) is 1.33.